The number of morpholine rings is 1. The lowest BCUT2D eigenvalue weighted by molar-refractivity contribution is -0.136. The van der Waals surface area contributed by atoms with Crippen molar-refractivity contribution in [2.24, 2.45) is 0 Å². The maximum absolute atomic E-state index is 13.1. The number of nitrogens with zero attached hydrogens (tertiary/aromatic N) is 2. The van der Waals surface area contributed by atoms with Crippen molar-refractivity contribution >= 4 is 23.0 Å². The number of carbonyl (C=O) groups is 1. The maximum atomic E-state index is 13.1. The second-order valence-electron chi connectivity index (χ2n) is 6.31. The molecule has 1 fully saturated rings. The van der Waals surface area contributed by atoms with Crippen molar-refractivity contribution < 1.29 is 13.9 Å². The quantitative estimate of drug-likeness (QED) is 0.765. The number of ether oxygens (including phenoxy) is 1. The Balaban J connectivity index is 1.57. The second kappa shape index (κ2) is 7.58. The van der Waals surface area contributed by atoms with Gasteiger partial charge in [0.25, 0.3) is 6.01 Å². The second-order valence-corrected chi connectivity index (χ2v) is 6.31. The number of hydrogen-bond acceptors (Lipinski definition) is 5. The van der Waals surface area contributed by atoms with Gasteiger partial charge in [0.1, 0.15) is 11.6 Å². The first-order chi connectivity index (χ1) is 12.8. The van der Waals surface area contributed by atoms with Gasteiger partial charge in [0, 0.05) is 19.5 Å². The summed E-state index contributed by atoms with van der Waals surface area (Å²) in [5.74, 6) is 0.0411. The van der Waals surface area contributed by atoms with Crippen LogP contribution in [0, 0.1) is 0 Å². The van der Waals surface area contributed by atoms with E-state index in [0.717, 1.165) is 11.1 Å². The van der Waals surface area contributed by atoms with Gasteiger partial charge in [0.15, 0.2) is 5.58 Å². The van der Waals surface area contributed by atoms with Crippen molar-refractivity contribution in [2.75, 3.05) is 31.6 Å². The van der Waals surface area contributed by atoms with Crippen LogP contribution in [0.2, 0.25) is 0 Å². The van der Waals surface area contributed by atoms with Crippen molar-refractivity contribution in [3.8, 4) is 0 Å². The summed E-state index contributed by atoms with van der Waals surface area (Å²) in [5, 5.41) is 3.20. The van der Waals surface area contributed by atoms with Crippen LogP contribution < -0.4 is 5.32 Å². The molecule has 1 atom stereocenters. The van der Waals surface area contributed by atoms with Crippen LogP contribution in [0.1, 0.15) is 5.56 Å². The molecule has 4 rings (SSSR count). The minimum Gasteiger partial charge on any atom is -0.424 e. The summed E-state index contributed by atoms with van der Waals surface area (Å²) in [7, 11) is 0. The number of oxazole rings is 1. The SMILES string of the molecule is O=C(C(Cc1ccccc1)Nc1nc2ccccc2o1)N1CCOCC1. The predicted molar refractivity (Wildman–Crippen MR) is 99.0 cm³/mol. The lowest BCUT2D eigenvalue weighted by atomic mass is 10.0. The number of aromatic nitrogens is 1. The highest BCUT2D eigenvalue weighted by atomic mass is 16.5. The van der Waals surface area contributed by atoms with Gasteiger partial charge in [-0.15, -0.1) is 0 Å². The van der Waals surface area contributed by atoms with Crippen LogP contribution in [0.15, 0.2) is 59.0 Å². The topological polar surface area (TPSA) is 67.6 Å². The van der Waals surface area contributed by atoms with E-state index in [1.807, 2.05) is 59.5 Å². The first-order valence-electron chi connectivity index (χ1n) is 8.82. The van der Waals surface area contributed by atoms with E-state index in [-0.39, 0.29) is 5.91 Å². The number of fused-ring (bicyclic) bond motifs is 1. The summed E-state index contributed by atoms with van der Waals surface area (Å²) in [6.07, 6.45) is 0.565. The van der Waals surface area contributed by atoms with E-state index in [9.17, 15) is 4.79 Å². The van der Waals surface area contributed by atoms with Crippen molar-refractivity contribution in [1.29, 1.82) is 0 Å². The summed E-state index contributed by atoms with van der Waals surface area (Å²) in [6.45, 7) is 2.37. The van der Waals surface area contributed by atoms with E-state index < -0.39 is 6.04 Å². The normalized spacial score (nSPS) is 15.8. The van der Waals surface area contributed by atoms with Gasteiger partial charge in [-0.25, -0.2) is 0 Å². The molecule has 2 aromatic carbocycles. The Kier molecular flexibility index (Phi) is 4.84. The van der Waals surface area contributed by atoms with E-state index in [4.69, 9.17) is 9.15 Å². The Bertz CT molecular complexity index is 839. The number of rotatable bonds is 5. The van der Waals surface area contributed by atoms with Crippen LogP contribution in [0.3, 0.4) is 0 Å². The average molecular weight is 351 g/mol. The van der Waals surface area contributed by atoms with Gasteiger partial charge in [-0.05, 0) is 17.7 Å². The van der Waals surface area contributed by atoms with Crippen LogP contribution in [-0.2, 0) is 16.0 Å². The van der Waals surface area contributed by atoms with Crippen LogP contribution in [0.4, 0.5) is 6.01 Å². The fraction of sp³-hybridized carbons (Fsp3) is 0.300. The van der Waals surface area contributed by atoms with E-state index in [1.165, 1.54) is 0 Å². The fourth-order valence-corrected chi connectivity index (χ4v) is 3.14. The summed E-state index contributed by atoms with van der Waals surface area (Å²) in [4.78, 5) is 19.3. The van der Waals surface area contributed by atoms with Gasteiger partial charge in [-0.2, -0.15) is 4.98 Å². The molecular formula is C20H21N3O3. The molecule has 1 aliphatic heterocycles. The van der Waals surface area contributed by atoms with E-state index in [0.29, 0.717) is 44.3 Å². The van der Waals surface area contributed by atoms with Gasteiger partial charge in [-0.1, -0.05) is 42.5 Å². The molecule has 1 N–H and O–H groups in total. The third-order valence-electron chi connectivity index (χ3n) is 4.50. The lowest BCUT2D eigenvalue weighted by Crippen LogP contribution is -2.48. The van der Waals surface area contributed by atoms with E-state index in [1.54, 1.807) is 0 Å². The van der Waals surface area contributed by atoms with Crippen LogP contribution >= 0.6 is 0 Å². The molecular weight excluding hydrogens is 330 g/mol. The molecule has 0 radical (unpaired) electrons. The molecule has 3 aromatic rings. The van der Waals surface area contributed by atoms with Gasteiger partial charge < -0.3 is 19.4 Å². The Labute approximate surface area is 151 Å². The summed E-state index contributed by atoms with van der Waals surface area (Å²) < 4.78 is 11.1. The number of hydrogen-bond donors (Lipinski definition) is 1. The largest absolute Gasteiger partial charge is 0.424 e. The monoisotopic (exact) mass is 351 g/mol. The first kappa shape index (κ1) is 16.6. The van der Waals surface area contributed by atoms with Gasteiger partial charge in [-0.3, -0.25) is 4.79 Å². The molecule has 134 valence electrons. The number of amides is 1. The van der Waals surface area contributed by atoms with Crippen molar-refractivity contribution in [3.05, 3.63) is 60.2 Å². The molecule has 1 saturated heterocycles. The Morgan fingerprint density at radius 2 is 1.81 bits per heavy atom. The molecule has 0 spiro atoms. The zero-order valence-corrected chi connectivity index (χ0v) is 14.4. The number of nitrogens with one attached hydrogen (secondary N) is 1. The first-order valence-corrected chi connectivity index (χ1v) is 8.82. The minimum atomic E-state index is -0.441. The highest BCUT2D eigenvalue weighted by molar-refractivity contribution is 5.85. The molecule has 0 saturated carbocycles. The van der Waals surface area contributed by atoms with E-state index in [2.05, 4.69) is 10.3 Å². The van der Waals surface area contributed by atoms with Crippen molar-refractivity contribution in [2.45, 2.75) is 12.5 Å². The molecule has 1 amide bonds. The highest BCUT2D eigenvalue weighted by Crippen LogP contribution is 2.20. The van der Waals surface area contributed by atoms with Crippen LogP contribution in [0.25, 0.3) is 11.1 Å². The molecule has 26 heavy (non-hydrogen) atoms. The highest BCUT2D eigenvalue weighted by Gasteiger charge is 2.27. The molecule has 0 bridgehead atoms. The Morgan fingerprint density at radius 1 is 1.08 bits per heavy atom. The smallest absolute Gasteiger partial charge is 0.296 e. The van der Waals surface area contributed by atoms with Gasteiger partial charge in [0.2, 0.25) is 5.91 Å². The average Bonchev–Trinajstić information content (AvgIpc) is 3.11. The number of para-hydroxylation sites is 2. The number of benzene rings is 2. The lowest BCUT2D eigenvalue weighted by Gasteiger charge is -2.30. The van der Waals surface area contributed by atoms with Gasteiger partial charge >= 0.3 is 0 Å². The van der Waals surface area contributed by atoms with E-state index >= 15 is 0 Å². The van der Waals surface area contributed by atoms with Crippen LogP contribution in [0.5, 0.6) is 0 Å². The maximum Gasteiger partial charge on any atom is 0.296 e. The molecule has 6 heteroatoms. The zero-order valence-electron chi connectivity index (χ0n) is 14.4. The van der Waals surface area contributed by atoms with Crippen molar-refractivity contribution in [1.82, 2.24) is 9.88 Å². The number of carbonyl (C=O) groups excluding carboxylic acids is 1. The minimum absolute atomic E-state index is 0.0411. The Hall–Kier alpha value is -2.86. The zero-order chi connectivity index (χ0) is 17.8. The third-order valence-corrected chi connectivity index (χ3v) is 4.50. The Morgan fingerprint density at radius 3 is 2.58 bits per heavy atom. The van der Waals surface area contributed by atoms with Crippen LogP contribution in [-0.4, -0.2) is 48.1 Å². The standard InChI is InChI=1S/C20H21N3O3/c24-19(23-10-12-25-13-11-23)17(14-15-6-2-1-3-7-15)22-20-21-16-8-4-5-9-18(16)26-20/h1-9,17H,10-14H2,(H,21,22). The van der Waals surface area contributed by atoms with Crippen molar-refractivity contribution in [3.63, 3.8) is 0 Å². The molecule has 1 unspecified atom stereocenters. The summed E-state index contributed by atoms with van der Waals surface area (Å²) >= 11 is 0. The molecule has 0 aliphatic carbocycles. The van der Waals surface area contributed by atoms with Gasteiger partial charge in [0.05, 0.1) is 13.2 Å². The summed E-state index contributed by atoms with van der Waals surface area (Å²) in [6, 6.07) is 17.5. The number of anilines is 1. The summed E-state index contributed by atoms with van der Waals surface area (Å²) in [5.41, 5.74) is 2.56. The molecule has 2 heterocycles. The molecule has 1 aromatic heterocycles. The fourth-order valence-electron chi connectivity index (χ4n) is 3.14. The third kappa shape index (κ3) is 3.70. The predicted octanol–water partition coefficient (Wildman–Crippen LogP) is 2.71. The molecule has 6 nitrogen and oxygen atoms in total. The molecule has 1 aliphatic rings.